The second-order valence-electron chi connectivity index (χ2n) is 3.83. The van der Waals surface area contributed by atoms with Crippen molar-refractivity contribution in [2.45, 2.75) is 18.6 Å². The molecule has 2 unspecified atom stereocenters. The minimum absolute atomic E-state index is 0.0804. The van der Waals surface area contributed by atoms with E-state index in [0.717, 1.165) is 5.69 Å². The highest BCUT2D eigenvalue weighted by molar-refractivity contribution is 5.53. The lowest BCUT2D eigenvalue weighted by Gasteiger charge is -2.22. The fourth-order valence-electron chi connectivity index (χ4n) is 1.56. The molecule has 0 spiro atoms. The minimum Gasteiger partial charge on any atom is -0.389 e. The van der Waals surface area contributed by atoms with Crippen LogP contribution in [0.3, 0.4) is 0 Å². The lowest BCUT2D eigenvalue weighted by molar-refractivity contribution is 0.0219. The molecule has 0 saturated carbocycles. The van der Waals surface area contributed by atoms with E-state index in [4.69, 9.17) is 5.26 Å². The highest BCUT2D eigenvalue weighted by Crippen LogP contribution is 2.27. The molecule has 0 aromatic heterocycles. The molecule has 0 radical (unpaired) electrons. The monoisotopic (exact) mass is 220 g/mol. The smallest absolute Gasteiger partial charge is 0.108 e. The van der Waals surface area contributed by atoms with Crippen LogP contribution in [0.15, 0.2) is 24.3 Å². The van der Waals surface area contributed by atoms with Gasteiger partial charge in [-0.2, -0.15) is 5.26 Å². The van der Waals surface area contributed by atoms with Gasteiger partial charge in [0.25, 0.3) is 0 Å². The molecule has 1 rings (SSSR count). The van der Waals surface area contributed by atoms with Crippen molar-refractivity contribution in [1.82, 2.24) is 0 Å². The highest BCUT2D eigenvalue weighted by Gasteiger charge is 2.21. The molecule has 16 heavy (non-hydrogen) atoms. The summed E-state index contributed by atoms with van der Waals surface area (Å²) in [5.74, 6) is 0. The quantitative estimate of drug-likeness (QED) is 0.796. The summed E-state index contributed by atoms with van der Waals surface area (Å²) in [7, 11) is 3.73. The van der Waals surface area contributed by atoms with Crippen LogP contribution in [0.4, 0.5) is 5.69 Å². The van der Waals surface area contributed by atoms with Gasteiger partial charge >= 0.3 is 0 Å². The number of hydrogen-bond donors (Lipinski definition) is 2. The SMILES string of the molecule is CN(C)c1ccccc1C(O)C(O)CC#N. The average molecular weight is 220 g/mol. The number of aliphatic hydroxyl groups excluding tert-OH is 2. The maximum absolute atomic E-state index is 9.92. The Morgan fingerprint density at radius 3 is 2.50 bits per heavy atom. The Bertz CT molecular complexity index is 385. The average Bonchev–Trinajstić information content (AvgIpc) is 2.28. The molecular weight excluding hydrogens is 204 g/mol. The number of aliphatic hydroxyl groups is 2. The van der Waals surface area contributed by atoms with Gasteiger partial charge in [-0.25, -0.2) is 0 Å². The van der Waals surface area contributed by atoms with Crippen LogP contribution in [0.1, 0.15) is 18.1 Å². The Hall–Kier alpha value is -1.57. The van der Waals surface area contributed by atoms with Gasteiger partial charge < -0.3 is 15.1 Å². The molecule has 4 nitrogen and oxygen atoms in total. The van der Waals surface area contributed by atoms with Crippen LogP contribution < -0.4 is 4.90 Å². The number of nitriles is 1. The van der Waals surface area contributed by atoms with Crippen LogP contribution in [0.25, 0.3) is 0 Å². The molecule has 0 bridgehead atoms. The third-order valence-corrected chi connectivity index (χ3v) is 2.40. The van der Waals surface area contributed by atoms with E-state index < -0.39 is 12.2 Å². The zero-order chi connectivity index (χ0) is 12.1. The lowest BCUT2D eigenvalue weighted by atomic mass is 10.0. The molecule has 0 fully saturated rings. The van der Waals surface area contributed by atoms with Gasteiger partial charge in [0, 0.05) is 25.3 Å². The number of anilines is 1. The molecule has 0 amide bonds. The number of rotatable bonds is 4. The van der Waals surface area contributed by atoms with Crippen molar-refractivity contribution >= 4 is 5.69 Å². The fraction of sp³-hybridized carbons (Fsp3) is 0.417. The van der Waals surface area contributed by atoms with Crippen molar-refractivity contribution in [2.75, 3.05) is 19.0 Å². The molecule has 2 atom stereocenters. The molecule has 0 heterocycles. The number of nitrogens with zero attached hydrogens (tertiary/aromatic N) is 2. The predicted octanol–water partition coefficient (Wildman–Crippen LogP) is 1.06. The summed E-state index contributed by atoms with van der Waals surface area (Å²) in [6.07, 6.45) is -2.16. The van der Waals surface area contributed by atoms with E-state index in [-0.39, 0.29) is 6.42 Å². The van der Waals surface area contributed by atoms with Crippen LogP contribution in [0.5, 0.6) is 0 Å². The van der Waals surface area contributed by atoms with Gasteiger partial charge in [0.1, 0.15) is 6.10 Å². The van der Waals surface area contributed by atoms with Crippen molar-refractivity contribution in [2.24, 2.45) is 0 Å². The predicted molar refractivity (Wildman–Crippen MR) is 62.0 cm³/mol. The van der Waals surface area contributed by atoms with Crippen molar-refractivity contribution in [3.8, 4) is 6.07 Å². The molecule has 0 aliphatic rings. The Morgan fingerprint density at radius 1 is 1.31 bits per heavy atom. The van der Waals surface area contributed by atoms with Gasteiger partial charge in [-0.15, -0.1) is 0 Å². The minimum atomic E-state index is -1.05. The standard InChI is InChI=1S/C12H16N2O2/c1-14(2)10-6-4-3-5-9(10)12(16)11(15)7-8-13/h3-6,11-12,15-16H,7H2,1-2H3. The van der Waals surface area contributed by atoms with Crippen molar-refractivity contribution in [3.63, 3.8) is 0 Å². The molecule has 4 heteroatoms. The molecule has 2 N–H and O–H groups in total. The van der Waals surface area contributed by atoms with E-state index in [1.54, 1.807) is 12.1 Å². The van der Waals surface area contributed by atoms with Crippen molar-refractivity contribution in [3.05, 3.63) is 29.8 Å². The zero-order valence-electron chi connectivity index (χ0n) is 9.46. The normalized spacial score (nSPS) is 13.9. The molecular formula is C12H16N2O2. The first-order valence-electron chi connectivity index (χ1n) is 5.07. The van der Waals surface area contributed by atoms with Crippen LogP contribution in [0.2, 0.25) is 0 Å². The maximum Gasteiger partial charge on any atom is 0.108 e. The van der Waals surface area contributed by atoms with E-state index in [2.05, 4.69) is 0 Å². The van der Waals surface area contributed by atoms with Crippen molar-refractivity contribution < 1.29 is 10.2 Å². The largest absolute Gasteiger partial charge is 0.389 e. The summed E-state index contributed by atoms with van der Waals surface area (Å²) < 4.78 is 0. The van der Waals surface area contributed by atoms with E-state index in [9.17, 15) is 10.2 Å². The molecule has 0 saturated heterocycles. The summed E-state index contributed by atoms with van der Waals surface area (Å²) in [5, 5.41) is 28.0. The second-order valence-corrected chi connectivity index (χ2v) is 3.83. The van der Waals surface area contributed by atoms with Gasteiger partial charge in [-0.05, 0) is 6.07 Å². The van der Waals surface area contributed by atoms with E-state index in [1.807, 2.05) is 37.2 Å². The lowest BCUT2D eigenvalue weighted by Crippen LogP contribution is -2.21. The summed E-state index contributed by atoms with van der Waals surface area (Å²) in [5.41, 5.74) is 1.47. The molecule has 86 valence electrons. The number of para-hydroxylation sites is 1. The van der Waals surface area contributed by atoms with Gasteiger partial charge in [0.2, 0.25) is 0 Å². The summed E-state index contributed by atoms with van der Waals surface area (Å²) >= 11 is 0. The third-order valence-electron chi connectivity index (χ3n) is 2.40. The Kier molecular flexibility index (Phi) is 4.29. The second kappa shape index (κ2) is 5.50. The van der Waals surface area contributed by atoms with Gasteiger partial charge in [-0.1, -0.05) is 18.2 Å². The van der Waals surface area contributed by atoms with Gasteiger partial charge in [0.15, 0.2) is 0 Å². The summed E-state index contributed by atoms with van der Waals surface area (Å²) in [6, 6.07) is 9.11. The number of benzene rings is 1. The Morgan fingerprint density at radius 2 is 1.94 bits per heavy atom. The van der Waals surface area contributed by atoms with E-state index in [0.29, 0.717) is 5.56 Å². The topological polar surface area (TPSA) is 67.5 Å². The maximum atomic E-state index is 9.92. The molecule has 0 aliphatic heterocycles. The Labute approximate surface area is 95.4 Å². The van der Waals surface area contributed by atoms with Crippen LogP contribution in [-0.2, 0) is 0 Å². The first kappa shape index (κ1) is 12.5. The first-order chi connectivity index (χ1) is 7.57. The number of hydrogen-bond acceptors (Lipinski definition) is 4. The third kappa shape index (κ3) is 2.72. The molecule has 1 aromatic carbocycles. The highest BCUT2D eigenvalue weighted by atomic mass is 16.3. The van der Waals surface area contributed by atoms with Crippen molar-refractivity contribution in [1.29, 1.82) is 5.26 Å². The van der Waals surface area contributed by atoms with E-state index >= 15 is 0 Å². The fourth-order valence-corrected chi connectivity index (χ4v) is 1.56. The summed E-state index contributed by atoms with van der Waals surface area (Å²) in [4.78, 5) is 1.86. The summed E-state index contributed by atoms with van der Waals surface area (Å²) in [6.45, 7) is 0. The first-order valence-corrected chi connectivity index (χ1v) is 5.07. The molecule has 0 aliphatic carbocycles. The molecule has 1 aromatic rings. The van der Waals surface area contributed by atoms with Crippen LogP contribution in [-0.4, -0.2) is 30.4 Å². The van der Waals surface area contributed by atoms with Gasteiger partial charge in [-0.3, -0.25) is 0 Å². The van der Waals surface area contributed by atoms with E-state index in [1.165, 1.54) is 0 Å². The zero-order valence-corrected chi connectivity index (χ0v) is 9.46. The van der Waals surface area contributed by atoms with Gasteiger partial charge in [0.05, 0.1) is 18.6 Å². The van der Waals surface area contributed by atoms with Crippen LogP contribution in [0, 0.1) is 11.3 Å². The Balaban J connectivity index is 2.99. The van der Waals surface area contributed by atoms with Crippen LogP contribution >= 0.6 is 0 Å².